The second-order valence-corrected chi connectivity index (χ2v) is 10.8. The molecule has 1 aliphatic carbocycles. The lowest BCUT2D eigenvalue weighted by Crippen LogP contribution is -2.30. The SMILES string of the molecule is O=C(C1CC1)N1CC[C@H](Cn2c(-c3ccc(-c4ccc5[nH]ccc5c4)cc3)nc3cc(C(F)(F)F)ccc32)C1. The summed E-state index contributed by atoms with van der Waals surface area (Å²) in [7, 11) is 0. The number of carbonyl (C=O) groups is 1. The van der Waals surface area contributed by atoms with E-state index >= 15 is 0 Å². The van der Waals surface area contributed by atoms with Gasteiger partial charge in [0, 0.05) is 42.8 Å². The third-order valence-corrected chi connectivity index (χ3v) is 8.07. The Morgan fingerprint density at radius 1 is 0.923 bits per heavy atom. The molecule has 7 rings (SSSR count). The van der Waals surface area contributed by atoms with Gasteiger partial charge in [0.05, 0.1) is 16.6 Å². The van der Waals surface area contributed by atoms with Crippen molar-refractivity contribution >= 4 is 27.8 Å². The minimum absolute atomic E-state index is 0.186. The Kier molecular flexibility index (Phi) is 5.54. The molecule has 1 aliphatic heterocycles. The lowest BCUT2D eigenvalue weighted by molar-refractivity contribution is -0.137. The van der Waals surface area contributed by atoms with Gasteiger partial charge in [0.2, 0.25) is 5.91 Å². The van der Waals surface area contributed by atoms with Gasteiger partial charge in [-0.25, -0.2) is 4.98 Å². The average Bonchev–Trinajstić information content (AvgIpc) is 3.33. The number of rotatable bonds is 5. The van der Waals surface area contributed by atoms with E-state index < -0.39 is 11.7 Å². The van der Waals surface area contributed by atoms with Crippen LogP contribution in [0.1, 0.15) is 24.8 Å². The van der Waals surface area contributed by atoms with Crippen LogP contribution in [0.15, 0.2) is 72.9 Å². The van der Waals surface area contributed by atoms with E-state index in [0.717, 1.165) is 65.5 Å². The topological polar surface area (TPSA) is 53.9 Å². The molecule has 39 heavy (non-hydrogen) atoms. The molecule has 2 aromatic heterocycles. The lowest BCUT2D eigenvalue weighted by Gasteiger charge is -2.18. The first-order chi connectivity index (χ1) is 18.8. The fourth-order valence-electron chi connectivity index (χ4n) is 5.78. The van der Waals surface area contributed by atoms with Crippen LogP contribution >= 0.6 is 0 Å². The monoisotopic (exact) mass is 528 g/mol. The molecule has 0 radical (unpaired) electrons. The molecule has 2 aliphatic rings. The number of amides is 1. The molecule has 5 nitrogen and oxygen atoms in total. The molecule has 0 unspecified atom stereocenters. The molecule has 1 N–H and O–H groups in total. The maximum atomic E-state index is 13.5. The summed E-state index contributed by atoms with van der Waals surface area (Å²) < 4.78 is 42.4. The highest BCUT2D eigenvalue weighted by molar-refractivity contribution is 5.86. The van der Waals surface area contributed by atoms with Gasteiger partial charge in [-0.2, -0.15) is 13.2 Å². The van der Waals surface area contributed by atoms with E-state index in [2.05, 4.69) is 23.2 Å². The largest absolute Gasteiger partial charge is 0.416 e. The Morgan fingerprint density at radius 2 is 1.69 bits per heavy atom. The van der Waals surface area contributed by atoms with Crippen LogP contribution in [0.4, 0.5) is 13.2 Å². The molecule has 3 heterocycles. The quantitative estimate of drug-likeness (QED) is 0.264. The zero-order valence-electron chi connectivity index (χ0n) is 21.2. The van der Waals surface area contributed by atoms with E-state index in [9.17, 15) is 18.0 Å². The van der Waals surface area contributed by atoms with Crippen LogP contribution in [0.5, 0.6) is 0 Å². The number of aromatic nitrogens is 3. The van der Waals surface area contributed by atoms with Crippen LogP contribution < -0.4 is 0 Å². The molecule has 3 aromatic carbocycles. The Morgan fingerprint density at radius 3 is 2.46 bits per heavy atom. The molecule has 1 atom stereocenters. The number of hydrogen-bond acceptors (Lipinski definition) is 2. The van der Waals surface area contributed by atoms with Gasteiger partial charge in [0.1, 0.15) is 5.82 Å². The lowest BCUT2D eigenvalue weighted by atomic mass is 10.0. The summed E-state index contributed by atoms with van der Waals surface area (Å²) in [4.78, 5) is 22.5. The van der Waals surface area contributed by atoms with Gasteiger partial charge in [-0.15, -0.1) is 0 Å². The maximum Gasteiger partial charge on any atom is 0.416 e. The average molecular weight is 529 g/mol. The molecule has 0 bridgehead atoms. The molecule has 8 heteroatoms. The number of H-pyrrole nitrogens is 1. The first kappa shape index (κ1) is 24.0. The van der Waals surface area contributed by atoms with Crippen molar-refractivity contribution in [3.05, 3.63) is 78.5 Å². The number of nitrogens with one attached hydrogen (secondary N) is 1. The number of aromatic amines is 1. The molecular weight excluding hydrogens is 501 g/mol. The van der Waals surface area contributed by atoms with Crippen molar-refractivity contribution < 1.29 is 18.0 Å². The predicted octanol–water partition coefficient (Wildman–Crippen LogP) is 7.13. The number of carbonyl (C=O) groups excluding carboxylic acids is 1. The van der Waals surface area contributed by atoms with Gasteiger partial charge in [0.15, 0.2) is 0 Å². The van der Waals surface area contributed by atoms with Crippen LogP contribution in [-0.4, -0.2) is 38.4 Å². The van der Waals surface area contributed by atoms with Gasteiger partial charge in [-0.05, 0) is 78.1 Å². The summed E-state index contributed by atoms with van der Waals surface area (Å²) in [5.41, 5.74) is 4.35. The summed E-state index contributed by atoms with van der Waals surface area (Å²) in [5, 5.41) is 1.13. The maximum absolute atomic E-state index is 13.5. The second kappa shape index (κ2) is 9.00. The van der Waals surface area contributed by atoms with Crippen molar-refractivity contribution in [1.29, 1.82) is 0 Å². The number of fused-ring (bicyclic) bond motifs is 2. The van der Waals surface area contributed by atoms with Gasteiger partial charge < -0.3 is 14.5 Å². The fourth-order valence-corrected chi connectivity index (χ4v) is 5.78. The Hall–Kier alpha value is -4.07. The number of likely N-dealkylation sites (tertiary alicyclic amines) is 1. The summed E-state index contributed by atoms with van der Waals surface area (Å²) in [6.07, 6.45) is 0.311. The predicted molar refractivity (Wildman–Crippen MR) is 145 cm³/mol. The van der Waals surface area contributed by atoms with Crippen molar-refractivity contribution in [2.45, 2.75) is 32.0 Å². The highest BCUT2D eigenvalue weighted by atomic mass is 19.4. The van der Waals surface area contributed by atoms with Crippen LogP contribution in [0, 0.1) is 11.8 Å². The standard InChI is InChI=1S/C31H27F3N4O/c32-31(33,34)25-8-10-28-27(16-25)36-29(38(28)18-19-12-14-37(17-19)30(39)22-5-6-22)21-3-1-20(2-4-21)23-7-9-26-24(15-23)11-13-35-26/h1-4,7-11,13,15-16,19,22,35H,5-6,12,14,17-18H2/t19-/m0/s1. The summed E-state index contributed by atoms with van der Waals surface area (Å²) in [6.45, 7) is 2.01. The third-order valence-electron chi connectivity index (χ3n) is 8.07. The van der Waals surface area contributed by atoms with Crippen molar-refractivity contribution in [3.8, 4) is 22.5 Å². The minimum Gasteiger partial charge on any atom is -0.361 e. The molecule has 0 spiro atoms. The molecule has 198 valence electrons. The molecule has 1 amide bonds. The number of benzene rings is 3. The molecule has 1 saturated heterocycles. The van der Waals surface area contributed by atoms with E-state index in [1.54, 1.807) is 0 Å². The number of halogens is 3. The summed E-state index contributed by atoms with van der Waals surface area (Å²) >= 11 is 0. The van der Waals surface area contributed by atoms with Crippen molar-refractivity contribution in [1.82, 2.24) is 19.4 Å². The van der Waals surface area contributed by atoms with E-state index in [4.69, 9.17) is 4.98 Å². The number of alkyl halides is 3. The Bertz CT molecular complexity index is 1690. The van der Waals surface area contributed by atoms with Crippen LogP contribution in [0.3, 0.4) is 0 Å². The van der Waals surface area contributed by atoms with Gasteiger partial charge >= 0.3 is 6.18 Å². The number of hydrogen-bond donors (Lipinski definition) is 1. The highest BCUT2D eigenvalue weighted by Crippen LogP contribution is 2.36. The summed E-state index contributed by atoms with van der Waals surface area (Å²) in [6, 6.07) is 20.1. The first-order valence-electron chi connectivity index (χ1n) is 13.4. The van der Waals surface area contributed by atoms with Crippen molar-refractivity contribution in [2.24, 2.45) is 11.8 Å². The van der Waals surface area contributed by atoms with E-state index in [1.165, 1.54) is 6.07 Å². The number of nitrogens with zero attached hydrogens (tertiary/aromatic N) is 3. The fraction of sp³-hybridized carbons (Fsp3) is 0.290. The first-order valence-corrected chi connectivity index (χ1v) is 13.4. The van der Waals surface area contributed by atoms with Crippen LogP contribution in [0.2, 0.25) is 0 Å². The molecular formula is C31H27F3N4O. The Balaban J connectivity index is 1.24. The third kappa shape index (κ3) is 4.47. The molecule has 5 aromatic rings. The van der Waals surface area contributed by atoms with Gasteiger partial charge in [0.25, 0.3) is 0 Å². The van der Waals surface area contributed by atoms with Gasteiger partial charge in [-0.3, -0.25) is 4.79 Å². The zero-order valence-corrected chi connectivity index (χ0v) is 21.2. The van der Waals surface area contributed by atoms with Crippen LogP contribution in [-0.2, 0) is 17.5 Å². The highest BCUT2D eigenvalue weighted by Gasteiger charge is 2.37. The number of imidazole rings is 1. The minimum atomic E-state index is -4.44. The normalized spacial score (nSPS) is 17.9. The van der Waals surface area contributed by atoms with Crippen LogP contribution in [0.25, 0.3) is 44.5 Å². The van der Waals surface area contributed by atoms with E-state index in [1.807, 2.05) is 46.0 Å². The van der Waals surface area contributed by atoms with Crippen molar-refractivity contribution in [3.63, 3.8) is 0 Å². The van der Waals surface area contributed by atoms with E-state index in [-0.39, 0.29) is 17.7 Å². The Labute approximate surface area is 223 Å². The van der Waals surface area contributed by atoms with E-state index in [0.29, 0.717) is 29.9 Å². The second-order valence-electron chi connectivity index (χ2n) is 10.8. The van der Waals surface area contributed by atoms with Gasteiger partial charge in [-0.1, -0.05) is 30.3 Å². The molecule has 1 saturated carbocycles. The van der Waals surface area contributed by atoms with Crippen molar-refractivity contribution in [2.75, 3.05) is 13.1 Å². The smallest absolute Gasteiger partial charge is 0.361 e. The summed E-state index contributed by atoms with van der Waals surface area (Å²) in [5.74, 6) is 1.30. The molecule has 2 fully saturated rings. The zero-order chi connectivity index (χ0) is 26.7.